The zero-order valence-corrected chi connectivity index (χ0v) is 13.0. The Kier molecular flexibility index (Phi) is 4.25. The fraction of sp³-hybridized carbons (Fsp3) is 0.0625. The topological polar surface area (TPSA) is 83.0 Å². The molecule has 0 radical (unpaired) electrons. The highest BCUT2D eigenvalue weighted by atomic mass is 35.5. The number of phenols is 1. The van der Waals surface area contributed by atoms with Crippen LogP contribution in [0.15, 0.2) is 48.7 Å². The van der Waals surface area contributed by atoms with Crippen molar-refractivity contribution in [2.45, 2.75) is 0 Å². The number of hydrogen-bond donors (Lipinski definition) is 3. The lowest BCUT2D eigenvalue weighted by molar-refractivity contribution is 0.475. The van der Waals surface area contributed by atoms with Crippen LogP contribution in [0.25, 0.3) is 11.4 Å². The van der Waals surface area contributed by atoms with Crippen LogP contribution in [0.5, 0.6) is 5.75 Å². The van der Waals surface area contributed by atoms with E-state index in [4.69, 9.17) is 11.6 Å². The molecule has 0 unspecified atom stereocenters. The van der Waals surface area contributed by atoms with E-state index >= 15 is 0 Å². The summed E-state index contributed by atoms with van der Waals surface area (Å²) in [6, 6.07) is 12.1. The van der Waals surface area contributed by atoms with E-state index in [1.54, 1.807) is 31.4 Å². The summed E-state index contributed by atoms with van der Waals surface area (Å²) in [5.41, 5.74) is 2.06. The second-order valence-corrected chi connectivity index (χ2v) is 5.12. The van der Waals surface area contributed by atoms with Crippen LogP contribution in [-0.2, 0) is 0 Å². The Bertz CT molecular complexity index is 826. The summed E-state index contributed by atoms with van der Waals surface area (Å²) in [5.74, 6) is 1.14. The van der Waals surface area contributed by atoms with Gasteiger partial charge in [0.15, 0.2) is 0 Å². The molecule has 0 saturated heterocycles. The van der Waals surface area contributed by atoms with Crippen molar-refractivity contribution in [1.29, 1.82) is 0 Å². The summed E-state index contributed by atoms with van der Waals surface area (Å²) in [4.78, 5) is 13.1. The van der Waals surface area contributed by atoms with E-state index in [2.05, 4.69) is 25.6 Å². The van der Waals surface area contributed by atoms with Gasteiger partial charge in [-0.1, -0.05) is 17.7 Å². The number of phenolic OH excluding ortho intramolecular Hbond substituents is 1. The highest BCUT2D eigenvalue weighted by molar-refractivity contribution is 6.33. The largest absolute Gasteiger partial charge is 0.508 e. The molecule has 3 rings (SSSR count). The zero-order chi connectivity index (χ0) is 16.2. The molecule has 0 spiro atoms. The molecule has 0 fully saturated rings. The third kappa shape index (κ3) is 3.49. The van der Waals surface area contributed by atoms with Crippen molar-refractivity contribution in [2.75, 3.05) is 17.7 Å². The number of pyridine rings is 1. The molecule has 0 atom stereocenters. The number of nitrogens with zero attached hydrogens (tertiary/aromatic N) is 3. The molecule has 0 aliphatic carbocycles. The monoisotopic (exact) mass is 327 g/mol. The quantitative estimate of drug-likeness (QED) is 0.634. The molecule has 2 heterocycles. The van der Waals surface area contributed by atoms with Gasteiger partial charge < -0.3 is 15.7 Å². The van der Waals surface area contributed by atoms with Gasteiger partial charge in [-0.2, -0.15) is 4.98 Å². The second-order valence-electron chi connectivity index (χ2n) is 4.72. The molecule has 1 aromatic carbocycles. The Morgan fingerprint density at radius 1 is 1.04 bits per heavy atom. The van der Waals surface area contributed by atoms with E-state index in [0.29, 0.717) is 28.2 Å². The first-order valence-corrected chi connectivity index (χ1v) is 7.27. The van der Waals surface area contributed by atoms with Crippen molar-refractivity contribution in [3.05, 3.63) is 53.7 Å². The first-order valence-electron chi connectivity index (χ1n) is 6.89. The number of aromatic nitrogens is 3. The van der Waals surface area contributed by atoms with Crippen LogP contribution in [-0.4, -0.2) is 27.1 Å². The van der Waals surface area contributed by atoms with E-state index in [0.717, 1.165) is 5.69 Å². The van der Waals surface area contributed by atoms with Crippen LogP contribution >= 0.6 is 11.6 Å². The normalized spacial score (nSPS) is 10.3. The van der Waals surface area contributed by atoms with Crippen molar-refractivity contribution in [2.24, 2.45) is 0 Å². The molecular formula is C16H14ClN5O. The minimum Gasteiger partial charge on any atom is -0.508 e. The molecule has 2 aromatic heterocycles. The van der Waals surface area contributed by atoms with Crippen LogP contribution in [0.1, 0.15) is 0 Å². The van der Waals surface area contributed by atoms with Crippen molar-refractivity contribution < 1.29 is 5.11 Å². The van der Waals surface area contributed by atoms with Gasteiger partial charge in [0.1, 0.15) is 11.6 Å². The number of hydrogen-bond acceptors (Lipinski definition) is 6. The standard InChI is InChI=1S/C16H14ClN5O/c1-18-16-21-14(13-4-2-3-7-19-13)9-15(22-16)20-12-6-5-10(23)8-11(12)17/h2-9,23H,1H3,(H2,18,20,21,22). The Balaban J connectivity index is 1.99. The molecule has 6 nitrogen and oxygen atoms in total. The molecule has 0 saturated carbocycles. The molecule has 0 aliphatic rings. The zero-order valence-electron chi connectivity index (χ0n) is 12.3. The van der Waals surface area contributed by atoms with Crippen LogP contribution in [0, 0.1) is 0 Å². The number of halogens is 1. The number of nitrogens with one attached hydrogen (secondary N) is 2. The van der Waals surface area contributed by atoms with Gasteiger partial charge in [0.05, 0.1) is 22.1 Å². The third-order valence-electron chi connectivity index (χ3n) is 3.09. The molecule has 3 N–H and O–H groups in total. The lowest BCUT2D eigenvalue weighted by atomic mass is 10.2. The summed E-state index contributed by atoms with van der Waals surface area (Å²) in [6.07, 6.45) is 1.71. The van der Waals surface area contributed by atoms with Crippen LogP contribution < -0.4 is 10.6 Å². The summed E-state index contributed by atoms with van der Waals surface area (Å²) >= 11 is 6.12. The van der Waals surface area contributed by atoms with E-state index in [-0.39, 0.29) is 5.75 Å². The molecule has 0 aliphatic heterocycles. The average Bonchev–Trinajstić information content (AvgIpc) is 2.58. The number of benzene rings is 1. The lowest BCUT2D eigenvalue weighted by Crippen LogP contribution is -2.02. The maximum atomic E-state index is 9.42. The smallest absolute Gasteiger partial charge is 0.225 e. The van der Waals surface area contributed by atoms with Crippen molar-refractivity contribution >= 4 is 29.1 Å². The van der Waals surface area contributed by atoms with Crippen molar-refractivity contribution in [1.82, 2.24) is 15.0 Å². The Morgan fingerprint density at radius 3 is 2.61 bits per heavy atom. The molecular weight excluding hydrogens is 314 g/mol. The molecule has 23 heavy (non-hydrogen) atoms. The third-order valence-corrected chi connectivity index (χ3v) is 3.41. The summed E-state index contributed by atoms with van der Waals surface area (Å²) in [7, 11) is 1.74. The maximum absolute atomic E-state index is 9.42. The molecule has 7 heteroatoms. The Labute approximate surface area is 138 Å². The second kappa shape index (κ2) is 6.50. The molecule has 0 bridgehead atoms. The van der Waals surface area contributed by atoms with Crippen LogP contribution in [0.3, 0.4) is 0 Å². The van der Waals surface area contributed by atoms with Gasteiger partial charge in [0.25, 0.3) is 0 Å². The van der Waals surface area contributed by atoms with Crippen LogP contribution in [0.2, 0.25) is 5.02 Å². The highest BCUT2D eigenvalue weighted by Gasteiger charge is 2.09. The number of anilines is 3. The predicted octanol–water partition coefficient (Wildman–Crippen LogP) is 3.68. The first-order chi connectivity index (χ1) is 11.2. The van der Waals surface area contributed by atoms with Gasteiger partial charge in [-0.15, -0.1) is 0 Å². The van der Waals surface area contributed by atoms with Gasteiger partial charge in [-0.05, 0) is 24.3 Å². The van der Waals surface area contributed by atoms with E-state index in [9.17, 15) is 5.11 Å². The van der Waals surface area contributed by atoms with Gasteiger partial charge in [0.2, 0.25) is 5.95 Å². The summed E-state index contributed by atoms with van der Waals surface area (Å²) < 4.78 is 0. The van der Waals surface area contributed by atoms with E-state index < -0.39 is 0 Å². The minimum absolute atomic E-state index is 0.105. The fourth-order valence-corrected chi connectivity index (χ4v) is 2.23. The number of rotatable bonds is 4. The Morgan fingerprint density at radius 2 is 1.91 bits per heavy atom. The van der Waals surface area contributed by atoms with Gasteiger partial charge in [-0.25, -0.2) is 4.98 Å². The SMILES string of the molecule is CNc1nc(Nc2ccc(O)cc2Cl)cc(-c2ccccn2)n1. The molecule has 3 aromatic rings. The van der Waals surface area contributed by atoms with E-state index in [1.165, 1.54) is 6.07 Å². The Hall–Kier alpha value is -2.86. The molecule has 0 amide bonds. The van der Waals surface area contributed by atoms with Gasteiger partial charge in [-0.3, -0.25) is 4.98 Å². The van der Waals surface area contributed by atoms with Crippen molar-refractivity contribution in [3.63, 3.8) is 0 Å². The fourth-order valence-electron chi connectivity index (χ4n) is 2.01. The maximum Gasteiger partial charge on any atom is 0.225 e. The van der Waals surface area contributed by atoms with Crippen molar-refractivity contribution in [3.8, 4) is 17.1 Å². The first kappa shape index (κ1) is 15.1. The van der Waals surface area contributed by atoms with Crippen LogP contribution in [0.4, 0.5) is 17.5 Å². The minimum atomic E-state index is 0.105. The summed E-state index contributed by atoms with van der Waals surface area (Å²) in [6.45, 7) is 0. The highest BCUT2D eigenvalue weighted by Crippen LogP contribution is 2.29. The molecule has 116 valence electrons. The lowest BCUT2D eigenvalue weighted by Gasteiger charge is -2.11. The number of aromatic hydroxyl groups is 1. The van der Waals surface area contributed by atoms with Gasteiger partial charge in [0, 0.05) is 25.4 Å². The average molecular weight is 328 g/mol. The van der Waals surface area contributed by atoms with Gasteiger partial charge >= 0.3 is 0 Å². The summed E-state index contributed by atoms with van der Waals surface area (Å²) in [5, 5.41) is 15.9. The van der Waals surface area contributed by atoms with E-state index in [1.807, 2.05) is 18.2 Å². The predicted molar refractivity (Wildman–Crippen MR) is 91.2 cm³/mol.